The lowest BCUT2D eigenvalue weighted by atomic mass is 10.2. The van der Waals surface area contributed by atoms with Gasteiger partial charge in [-0.2, -0.15) is 0 Å². The quantitative estimate of drug-likeness (QED) is 0.627. The summed E-state index contributed by atoms with van der Waals surface area (Å²) >= 11 is 0. The lowest BCUT2D eigenvalue weighted by Crippen LogP contribution is -2.39. The molecule has 8 heteroatoms. The zero-order valence-corrected chi connectivity index (χ0v) is 13.9. The lowest BCUT2D eigenvalue weighted by molar-refractivity contribution is -0.385. The van der Waals surface area contributed by atoms with Crippen LogP contribution in [0.1, 0.15) is 27.2 Å². The lowest BCUT2D eigenvalue weighted by Gasteiger charge is -2.27. The van der Waals surface area contributed by atoms with Crippen molar-refractivity contribution in [2.75, 3.05) is 25.0 Å². The number of carbonyl (C=O) groups is 1. The first-order chi connectivity index (χ1) is 10.7. The number of aromatic nitrogens is 1. The number of nitrogens with zero attached hydrogens (tertiary/aromatic N) is 4. The Morgan fingerprint density at radius 2 is 2.17 bits per heavy atom. The first-order valence-corrected chi connectivity index (χ1v) is 7.48. The van der Waals surface area contributed by atoms with Crippen LogP contribution in [0.15, 0.2) is 18.3 Å². The van der Waals surface area contributed by atoms with Crippen LogP contribution in [0.2, 0.25) is 0 Å². The monoisotopic (exact) mass is 322 g/mol. The Morgan fingerprint density at radius 3 is 2.70 bits per heavy atom. The molecule has 1 fully saturated rings. The van der Waals surface area contributed by atoms with Crippen LogP contribution in [-0.4, -0.2) is 52.7 Å². The van der Waals surface area contributed by atoms with E-state index in [1.165, 1.54) is 12.3 Å². The van der Waals surface area contributed by atoms with E-state index in [2.05, 4.69) is 4.98 Å². The van der Waals surface area contributed by atoms with Crippen LogP contribution in [0.25, 0.3) is 0 Å². The van der Waals surface area contributed by atoms with Crippen molar-refractivity contribution in [2.45, 2.75) is 38.8 Å². The predicted octanol–water partition coefficient (Wildman–Crippen LogP) is 2.44. The average Bonchev–Trinajstić information content (AvgIpc) is 2.94. The summed E-state index contributed by atoms with van der Waals surface area (Å²) in [6, 6.07) is 3.16. The highest BCUT2D eigenvalue weighted by atomic mass is 16.6. The molecule has 0 N–H and O–H groups in total. The maximum Gasteiger partial charge on any atom is 0.410 e. The largest absolute Gasteiger partial charge is 0.444 e. The Hall–Kier alpha value is -2.38. The fourth-order valence-electron chi connectivity index (χ4n) is 2.43. The zero-order valence-electron chi connectivity index (χ0n) is 13.9. The molecule has 126 valence electrons. The third kappa shape index (κ3) is 4.30. The van der Waals surface area contributed by atoms with E-state index < -0.39 is 10.5 Å². The van der Waals surface area contributed by atoms with E-state index in [-0.39, 0.29) is 17.8 Å². The summed E-state index contributed by atoms with van der Waals surface area (Å²) in [7, 11) is 1.87. The number of hydrogen-bond acceptors (Lipinski definition) is 6. The molecule has 2 rings (SSSR count). The molecule has 2 heterocycles. The van der Waals surface area contributed by atoms with E-state index in [0.29, 0.717) is 18.9 Å². The Kier molecular flexibility index (Phi) is 4.72. The maximum absolute atomic E-state index is 12.1. The van der Waals surface area contributed by atoms with Crippen LogP contribution in [0, 0.1) is 10.1 Å². The molecule has 0 bridgehead atoms. The zero-order chi connectivity index (χ0) is 17.2. The van der Waals surface area contributed by atoms with E-state index in [1.807, 2.05) is 32.7 Å². The number of nitro groups is 1. The molecule has 8 nitrogen and oxygen atoms in total. The fourth-order valence-corrected chi connectivity index (χ4v) is 2.43. The van der Waals surface area contributed by atoms with Crippen molar-refractivity contribution in [2.24, 2.45) is 0 Å². The molecule has 1 unspecified atom stereocenters. The first-order valence-electron chi connectivity index (χ1n) is 7.48. The molecular formula is C15H22N4O4. The highest BCUT2D eigenvalue weighted by Crippen LogP contribution is 2.22. The Labute approximate surface area is 135 Å². The molecular weight excluding hydrogens is 300 g/mol. The Morgan fingerprint density at radius 1 is 1.48 bits per heavy atom. The number of hydrogen-bond donors (Lipinski definition) is 0. The van der Waals surface area contributed by atoms with Gasteiger partial charge in [-0.1, -0.05) is 0 Å². The molecule has 0 aromatic carbocycles. The van der Waals surface area contributed by atoms with Crippen LogP contribution >= 0.6 is 0 Å². The summed E-state index contributed by atoms with van der Waals surface area (Å²) in [5.74, 6) is 0.645. The van der Waals surface area contributed by atoms with Gasteiger partial charge in [0, 0.05) is 32.2 Å². The van der Waals surface area contributed by atoms with Crippen molar-refractivity contribution in [3.8, 4) is 0 Å². The van der Waals surface area contributed by atoms with Crippen molar-refractivity contribution in [3.63, 3.8) is 0 Å². The van der Waals surface area contributed by atoms with Gasteiger partial charge >= 0.3 is 6.09 Å². The molecule has 1 aromatic heterocycles. The van der Waals surface area contributed by atoms with Gasteiger partial charge in [0.25, 0.3) is 5.69 Å². The standard InChI is InChI=1S/C15H22N4O4/c1-15(2,3)23-14(20)18-8-7-12(10-18)17(4)13-6-5-11(9-16-13)19(21)22/h5-6,9,12H,7-8,10H2,1-4H3. The molecule has 1 atom stereocenters. The van der Waals surface area contributed by atoms with Crippen molar-refractivity contribution in [1.82, 2.24) is 9.88 Å². The minimum Gasteiger partial charge on any atom is -0.444 e. The number of likely N-dealkylation sites (N-methyl/N-ethyl adjacent to an activating group) is 1. The molecule has 0 aliphatic carbocycles. The Bertz CT molecular complexity index is 582. The summed E-state index contributed by atoms with van der Waals surface area (Å²) in [5, 5.41) is 10.7. The normalized spacial score (nSPS) is 17.9. The fraction of sp³-hybridized carbons (Fsp3) is 0.600. The minimum absolute atomic E-state index is 0.0380. The van der Waals surface area contributed by atoms with Crippen molar-refractivity contribution >= 4 is 17.6 Å². The number of likely N-dealkylation sites (tertiary alicyclic amines) is 1. The smallest absolute Gasteiger partial charge is 0.410 e. The second-order valence-electron chi connectivity index (χ2n) is 6.61. The minimum atomic E-state index is -0.513. The predicted molar refractivity (Wildman–Crippen MR) is 85.5 cm³/mol. The van der Waals surface area contributed by atoms with Crippen LogP contribution in [-0.2, 0) is 4.74 Å². The van der Waals surface area contributed by atoms with E-state index in [0.717, 1.165) is 6.42 Å². The molecule has 0 radical (unpaired) electrons. The van der Waals surface area contributed by atoms with Gasteiger partial charge < -0.3 is 14.5 Å². The molecule has 1 amide bonds. The van der Waals surface area contributed by atoms with Gasteiger partial charge in [-0.3, -0.25) is 10.1 Å². The molecule has 1 saturated heterocycles. The van der Waals surface area contributed by atoms with Gasteiger partial charge in [-0.05, 0) is 33.3 Å². The molecule has 0 spiro atoms. The summed E-state index contributed by atoms with van der Waals surface area (Å²) in [5.41, 5.74) is -0.551. The van der Waals surface area contributed by atoms with Crippen LogP contribution < -0.4 is 4.90 Å². The summed E-state index contributed by atoms with van der Waals surface area (Å²) in [6.07, 6.45) is 1.73. The summed E-state index contributed by atoms with van der Waals surface area (Å²) in [6.45, 7) is 6.68. The number of amides is 1. The van der Waals surface area contributed by atoms with Gasteiger partial charge in [0.15, 0.2) is 0 Å². The molecule has 23 heavy (non-hydrogen) atoms. The van der Waals surface area contributed by atoms with Gasteiger partial charge in [-0.25, -0.2) is 9.78 Å². The molecule has 0 saturated carbocycles. The SMILES string of the molecule is CN(c1ccc([N+](=O)[O-])cn1)C1CCN(C(=O)OC(C)(C)C)C1. The van der Waals surface area contributed by atoms with Gasteiger partial charge in [-0.15, -0.1) is 0 Å². The van der Waals surface area contributed by atoms with Crippen LogP contribution in [0.5, 0.6) is 0 Å². The topological polar surface area (TPSA) is 88.8 Å². The van der Waals surface area contributed by atoms with Crippen molar-refractivity contribution in [1.29, 1.82) is 0 Å². The third-order valence-corrected chi connectivity index (χ3v) is 3.67. The number of carbonyl (C=O) groups excluding carboxylic acids is 1. The number of pyridine rings is 1. The van der Waals surface area contributed by atoms with E-state index in [9.17, 15) is 14.9 Å². The summed E-state index contributed by atoms with van der Waals surface area (Å²) < 4.78 is 5.38. The van der Waals surface area contributed by atoms with E-state index >= 15 is 0 Å². The van der Waals surface area contributed by atoms with Crippen LogP contribution in [0.3, 0.4) is 0 Å². The second-order valence-corrected chi connectivity index (χ2v) is 6.61. The Balaban J connectivity index is 1.98. The van der Waals surface area contributed by atoms with Gasteiger partial charge in [0.05, 0.1) is 4.92 Å². The van der Waals surface area contributed by atoms with E-state index in [4.69, 9.17) is 4.74 Å². The molecule has 1 aliphatic rings. The van der Waals surface area contributed by atoms with Crippen molar-refractivity contribution < 1.29 is 14.5 Å². The maximum atomic E-state index is 12.1. The van der Waals surface area contributed by atoms with Crippen molar-refractivity contribution in [3.05, 3.63) is 28.4 Å². The van der Waals surface area contributed by atoms with Gasteiger partial charge in [0.1, 0.15) is 17.6 Å². The van der Waals surface area contributed by atoms with Crippen LogP contribution in [0.4, 0.5) is 16.3 Å². The second kappa shape index (κ2) is 6.39. The molecule has 1 aliphatic heterocycles. The summed E-state index contributed by atoms with van der Waals surface area (Å²) in [4.78, 5) is 30.0. The highest BCUT2D eigenvalue weighted by molar-refractivity contribution is 5.68. The van der Waals surface area contributed by atoms with Gasteiger partial charge in [0.2, 0.25) is 0 Å². The molecule has 1 aromatic rings. The number of rotatable bonds is 3. The third-order valence-electron chi connectivity index (χ3n) is 3.67. The number of anilines is 1. The van der Waals surface area contributed by atoms with E-state index in [1.54, 1.807) is 11.0 Å². The first kappa shape index (κ1) is 17.0. The highest BCUT2D eigenvalue weighted by Gasteiger charge is 2.32. The average molecular weight is 322 g/mol. The number of ether oxygens (including phenoxy) is 1.